The molecule has 0 heterocycles. The summed E-state index contributed by atoms with van der Waals surface area (Å²) in [7, 11) is 1.86. The Morgan fingerprint density at radius 3 is 2.37 bits per heavy atom. The minimum atomic E-state index is -0.186. The second kappa shape index (κ2) is 6.20. The van der Waals surface area contributed by atoms with Crippen LogP contribution in [0.5, 0.6) is 0 Å². The molecule has 0 fully saturated rings. The van der Waals surface area contributed by atoms with Gasteiger partial charge in [-0.05, 0) is 71.5 Å². The number of nitrogens with one attached hydrogen (secondary N) is 1. The van der Waals surface area contributed by atoms with Gasteiger partial charge in [0, 0.05) is 3.57 Å². The molecule has 0 saturated heterocycles. The molecule has 1 atom stereocenters. The summed E-state index contributed by atoms with van der Waals surface area (Å²) in [4.78, 5) is 0. The van der Waals surface area contributed by atoms with Crippen molar-refractivity contribution in [1.29, 1.82) is 0 Å². The minimum absolute atomic E-state index is 0.0652. The van der Waals surface area contributed by atoms with E-state index in [1.165, 1.54) is 0 Å². The normalized spacial score (nSPS) is 12.5. The molecular weight excluding hydrogens is 376 g/mol. The first-order valence-corrected chi connectivity index (χ1v) is 7.37. The summed E-state index contributed by atoms with van der Waals surface area (Å²) >= 11 is 8.34. The highest BCUT2D eigenvalue weighted by molar-refractivity contribution is 14.1. The summed E-state index contributed by atoms with van der Waals surface area (Å²) < 4.78 is 14.7. The second-order valence-electron chi connectivity index (χ2n) is 4.40. The molecule has 0 spiro atoms. The van der Waals surface area contributed by atoms with Crippen molar-refractivity contribution in [3.63, 3.8) is 0 Å². The molecule has 0 aliphatic heterocycles. The van der Waals surface area contributed by atoms with Crippen molar-refractivity contribution in [3.8, 4) is 0 Å². The molecule has 2 aromatic carbocycles. The van der Waals surface area contributed by atoms with E-state index < -0.39 is 0 Å². The van der Waals surface area contributed by atoms with Gasteiger partial charge < -0.3 is 5.32 Å². The maximum absolute atomic E-state index is 13.7. The van der Waals surface area contributed by atoms with Crippen LogP contribution in [0.2, 0.25) is 5.02 Å². The van der Waals surface area contributed by atoms with Gasteiger partial charge >= 0.3 is 0 Å². The molecule has 0 amide bonds. The highest BCUT2D eigenvalue weighted by Gasteiger charge is 2.14. The van der Waals surface area contributed by atoms with E-state index in [0.717, 1.165) is 14.7 Å². The third-order valence-corrected chi connectivity index (χ3v) is 4.67. The van der Waals surface area contributed by atoms with Gasteiger partial charge in [-0.1, -0.05) is 29.8 Å². The molecule has 100 valence electrons. The van der Waals surface area contributed by atoms with Gasteiger partial charge in [0.1, 0.15) is 5.82 Å². The number of hydrogen-bond acceptors (Lipinski definition) is 1. The first-order valence-electron chi connectivity index (χ1n) is 5.91. The Balaban J connectivity index is 2.43. The molecule has 1 N–H and O–H groups in total. The molecule has 4 heteroatoms. The van der Waals surface area contributed by atoms with Crippen molar-refractivity contribution in [2.45, 2.75) is 13.0 Å². The van der Waals surface area contributed by atoms with Gasteiger partial charge in [-0.15, -0.1) is 0 Å². The van der Waals surface area contributed by atoms with Gasteiger partial charge in [-0.3, -0.25) is 0 Å². The monoisotopic (exact) mass is 389 g/mol. The fourth-order valence-electron chi connectivity index (χ4n) is 2.01. The van der Waals surface area contributed by atoms with Crippen LogP contribution in [0.3, 0.4) is 0 Å². The zero-order chi connectivity index (χ0) is 14.0. The topological polar surface area (TPSA) is 12.0 Å². The first-order chi connectivity index (χ1) is 9.02. The molecule has 0 bridgehead atoms. The van der Waals surface area contributed by atoms with Crippen molar-refractivity contribution >= 4 is 34.2 Å². The fourth-order valence-corrected chi connectivity index (χ4v) is 2.53. The Kier molecular flexibility index (Phi) is 4.81. The summed E-state index contributed by atoms with van der Waals surface area (Å²) in [6, 6.07) is 11.1. The van der Waals surface area contributed by atoms with E-state index in [4.69, 9.17) is 11.6 Å². The molecule has 0 aromatic heterocycles. The molecule has 1 unspecified atom stereocenters. The van der Waals surface area contributed by atoms with Gasteiger partial charge in [0.05, 0.1) is 11.1 Å². The smallest absolute Gasteiger partial charge is 0.126 e. The average Bonchev–Trinajstić information content (AvgIpc) is 2.39. The van der Waals surface area contributed by atoms with Crippen LogP contribution < -0.4 is 5.32 Å². The fraction of sp³-hybridized carbons (Fsp3) is 0.200. The van der Waals surface area contributed by atoms with Gasteiger partial charge in [-0.2, -0.15) is 0 Å². The lowest BCUT2D eigenvalue weighted by Gasteiger charge is -2.18. The van der Waals surface area contributed by atoms with Gasteiger partial charge in [-0.25, -0.2) is 4.39 Å². The molecule has 2 aromatic rings. The molecule has 19 heavy (non-hydrogen) atoms. The van der Waals surface area contributed by atoms with Crippen LogP contribution in [0.15, 0.2) is 36.4 Å². The Bertz CT molecular complexity index is 549. The summed E-state index contributed by atoms with van der Waals surface area (Å²) in [6.45, 7) is 1.76. The van der Waals surface area contributed by atoms with Crippen molar-refractivity contribution in [3.05, 3.63) is 67.5 Å². The SMILES string of the molecule is CNC(c1ccc(C)c(F)c1)c1ccc(I)c(Cl)c1. The van der Waals surface area contributed by atoms with Crippen LogP contribution in [0.4, 0.5) is 4.39 Å². The largest absolute Gasteiger partial charge is 0.309 e. The molecule has 1 nitrogen and oxygen atoms in total. The van der Waals surface area contributed by atoms with Gasteiger partial charge in [0.25, 0.3) is 0 Å². The van der Waals surface area contributed by atoms with E-state index in [0.29, 0.717) is 10.6 Å². The number of rotatable bonds is 3. The lowest BCUT2D eigenvalue weighted by Crippen LogP contribution is -2.18. The van der Waals surface area contributed by atoms with Crippen LogP contribution in [-0.4, -0.2) is 7.05 Å². The molecule has 0 radical (unpaired) electrons. The highest BCUT2D eigenvalue weighted by atomic mass is 127. The van der Waals surface area contributed by atoms with Crippen LogP contribution >= 0.6 is 34.2 Å². The number of benzene rings is 2. The maximum atomic E-state index is 13.7. The lowest BCUT2D eigenvalue weighted by atomic mass is 9.98. The molecular formula is C15H14ClFIN. The van der Waals surface area contributed by atoms with E-state index in [2.05, 4.69) is 27.9 Å². The molecule has 0 aliphatic carbocycles. The predicted octanol–water partition coefficient (Wildman–Crippen LogP) is 4.70. The van der Waals surface area contributed by atoms with E-state index in [1.807, 2.05) is 31.3 Å². The van der Waals surface area contributed by atoms with Crippen LogP contribution in [0.25, 0.3) is 0 Å². The maximum Gasteiger partial charge on any atom is 0.126 e. The highest BCUT2D eigenvalue weighted by Crippen LogP contribution is 2.27. The Labute approximate surface area is 131 Å². The van der Waals surface area contributed by atoms with Crippen molar-refractivity contribution < 1.29 is 4.39 Å². The Hall–Kier alpha value is -0.650. The summed E-state index contributed by atoms with van der Waals surface area (Å²) in [5.74, 6) is -0.186. The zero-order valence-electron chi connectivity index (χ0n) is 10.7. The quantitative estimate of drug-likeness (QED) is 0.750. The third-order valence-electron chi connectivity index (χ3n) is 3.09. The Morgan fingerprint density at radius 1 is 1.16 bits per heavy atom. The van der Waals surface area contributed by atoms with Crippen LogP contribution in [0.1, 0.15) is 22.7 Å². The van der Waals surface area contributed by atoms with Crippen molar-refractivity contribution in [2.75, 3.05) is 7.05 Å². The molecule has 2 rings (SSSR count). The summed E-state index contributed by atoms with van der Waals surface area (Å²) in [6.07, 6.45) is 0. The third kappa shape index (κ3) is 3.27. The average molecular weight is 390 g/mol. The van der Waals surface area contributed by atoms with Gasteiger partial charge in [0.2, 0.25) is 0 Å². The molecule has 0 aliphatic rings. The van der Waals surface area contributed by atoms with Crippen LogP contribution in [0, 0.1) is 16.3 Å². The lowest BCUT2D eigenvalue weighted by molar-refractivity contribution is 0.608. The minimum Gasteiger partial charge on any atom is -0.309 e. The zero-order valence-corrected chi connectivity index (χ0v) is 13.6. The summed E-state index contributed by atoms with van der Waals surface area (Å²) in [5.41, 5.74) is 2.57. The summed E-state index contributed by atoms with van der Waals surface area (Å²) in [5, 5.41) is 3.91. The van der Waals surface area contributed by atoms with Crippen molar-refractivity contribution in [2.24, 2.45) is 0 Å². The van der Waals surface area contributed by atoms with E-state index in [1.54, 1.807) is 19.1 Å². The number of hydrogen-bond donors (Lipinski definition) is 1. The Morgan fingerprint density at radius 2 is 1.79 bits per heavy atom. The van der Waals surface area contributed by atoms with Crippen LogP contribution in [-0.2, 0) is 0 Å². The van der Waals surface area contributed by atoms with Gasteiger partial charge in [0.15, 0.2) is 0 Å². The van der Waals surface area contributed by atoms with E-state index >= 15 is 0 Å². The predicted molar refractivity (Wildman–Crippen MR) is 86.2 cm³/mol. The van der Waals surface area contributed by atoms with Crippen molar-refractivity contribution in [1.82, 2.24) is 5.32 Å². The van der Waals surface area contributed by atoms with E-state index in [9.17, 15) is 4.39 Å². The number of aryl methyl sites for hydroxylation is 1. The standard InChI is InChI=1S/C15H14ClFIN/c1-9-3-4-11(8-13(9)17)15(19-2)10-5-6-14(18)12(16)7-10/h3-8,15,19H,1-2H3. The van der Waals surface area contributed by atoms with E-state index in [-0.39, 0.29) is 11.9 Å². The second-order valence-corrected chi connectivity index (χ2v) is 5.97. The molecule has 0 saturated carbocycles. The number of halogens is 3. The first kappa shape index (κ1) is 14.8.